The predicted octanol–water partition coefficient (Wildman–Crippen LogP) is 1.06. The van der Waals surface area contributed by atoms with Crippen LogP contribution < -0.4 is 16.2 Å². The van der Waals surface area contributed by atoms with Gasteiger partial charge in [0.15, 0.2) is 5.65 Å². The number of rotatable bonds is 6. The smallest absolute Gasteiger partial charge is 0.276 e. The highest BCUT2D eigenvalue weighted by Gasteiger charge is 2.17. The van der Waals surface area contributed by atoms with Crippen LogP contribution in [0.15, 0.2) is 35.3 Å². The second-order valence-corrected chi connectivity index (χ2v) is 6.45. The van der Waals surface area contributed by atoms with Crippen LogP contribution in [-0.2, 0) is 22.4 Å². The van der Waals surface area contributed by atoms with Crippen molar-refractivity contribution in [3.63, 3.8) is 0 Å². The number of benzene rings is 1. The fourth-order valence-corrected chi connectivity index (χ4v) is 2.99. The van der Waals surface area contributed by atoms with Crippen LogP contribution in [0.3, 0.4) is 0 Å². The largest absolute Gasteiger partial charge is 0.347 e. The lowest BCUT2D eigenvalue weighted by Crippen LogP contribution is -2.35. The fraction of sp³-hybridized carbons (Fsp3) is 0.250. The summed E-state index contributed by atoms with van der Waals surface area (Å²) in [5, 5.41) is 17.0. The first-order chi connectivity index (χ1) is 13.9. The molecule has 9 nitrogen and oxygen atoms in total. The Balaban J connectivity index is 1.66. The monoisotopic (exact) mass is 392 g/mol. The molecule has 3 rings (SSSR count). The highest BCUT2D eigenvalue weighted by atomic mass is 16.2. The number of anilines is 1. The van der Waals surface area contributed by atoms with E-state index in [2.05, 4.69) is 20.7 Å². The van der Waals surface area contributed by atoms with Crippen LogP contribution in [-0.4, -0.2) is 33.0 Å². The molecule has 0 saturated heterocycles. The van der Waals surface area contributed by atoms with Crippen molar-refractivity contribution in [3.8, 4) is 6.07 Å². The number of carbonyl (C=O) groups is 2. The molecule has 9 heteroatoms. The van der Waals surface area contributed by atoms with Gasteiger partial charge < -0.3 is 10.6 Å². The molecule has 0 atom stereocenters. The molecule has 29 heavy (non-hydrogen) atoms. The molecule has 1 aromatic carbocycles. The van der Waals surface area contributed by atoms with Crippen molar-refractivity contribution in [1.82, 2.24) is 19.9 Å². The third-order valence-electron chi connectivity index (χ3n) is 4.54. The lowest BCUT2D eigenvalue weighted by Gasteiger charge is -2.10. The number of para-hydroxylation sites is 1. The number of fused-ring (bicyclic) bond motifs is 1. The highest BCUT2D eigenvalue weighted by Crippen LogP contribution is 2.15. The van der Waals surface area contributed by atoms with E-state index < -0.39 is 11.5 Å². The van der Waals surface area contributed by atoms with E-state index in [-0.39, 0.29) is 35.6 Å². The third kappa shape index (κ3) is 4.16. The number of amides is 2. The van der Waals surface area contributed by atoms with Gasteiger partial charge in [-0.3, -0.25) is 19.5 Å². The van der Waals surface area contributed by atoms with E-state index >= 15 is 0 Å². The molecule has 3 N–H and O–H groups in total. The van der Waals surface area contributed by atoms with Gasteiger partial charge in [0.05, 0.1) is 13.0 Å². The molecular weight excluding hydrogens is 372 g/mol. The zero-order valence-corrected chi connectivity index (χ0v) is 16.1. The van der Waals surface area contributed by atoms with Crippen molar-refractivity contribution in [3.05, 3.63) is 63.2 Å². The molecule has 0 aliphatic heterocycles. The third-order valence-corrected chi connectivity index (χ3v) is 4.54. The average Bonchev–Trinajstić information content (AvgIpc) is 3.13. The van der Waals surface area contributed by atoms with E-state index in [4.69, 9.17) is 5.26 Å². The molecular formula is C20H20N6O3. The summed E-state index contributed by atoms with van der Waals surface area (Å²) in [4.78, 5) is 41.2. The number of H-pyrrole nitrogens is 1. The lowest BCUT2D eigenvalue weighted by atomic mass is 10.1. The summed E-state index contributed by atoms with van der Waals surface area (Å²) in [7, 11) is 0. The van der Waals surface area contributed by atoms with E-state index in [1.54, 1.807) is 13.0 Å². The molecule has 3 aromatic rings. The van der Waals surface area contributed by atoms with Gasteiger partial charge in [0.2, 0.25) is 11.8 Å². The van der Waals surface area contributed by atoms with Crippen LogP contribution in [0.4, 0.5) is 5.69 Å². The summed E-state index contributed by atoms with van der Waals surface area (Å²) in [6.07, 6.45) is 1.93. The summed E-state index contributed by atoms with van der Waals surface area (Å²) < 4.78 is 1.13. The quantitative estimate of drug-likeness (QED) is 0.577. The van der Waals surface area contributed by atoms with Gasteiger partial charge in [-0.15, -0.1) is 0 Å². The molecule has 0 unspecified atom stereocenters. The molecule has 2 aromatic heterocycles. The second-order valence-electron chi connectivity index (χ2n) is 6.45. The molecule has 2 heterocycles. The van der Waals surface area contributed by atoms with Crippen LogP contribution in [0.1, 0.15) is 29.3 Å². The Bertz CT molecular complexity index is 1190. The Morgan fingerprint density at radius 1 is 1.28 bits per heavy atom. The fourth-order valence-electron chi connectivity index (χ4n) is 2.99. The maximum absolute atomic E-state index is 12.6. The van der Waals surface area contributed by atoms with Crippen molar-refractivity contribution in [1.29, 1.82) is 5.26 Å². The maximum Gasteiger partial charge on any atom is 0.276 e. The van der Waals surface area contributed by atoms with Crippen molar-refractivity contribution in [2.75, 3.05) is 11.9 Å². The van der Waals surface area contributed by atoms with Gasteiger partial charge in [-0.2, -0.15) is 5.26 Å². The minimum absolute atomic E-state index is 0.197. The number of nitrogens with zero attached hydrogens (tertiary/aromatic N) is 3. The number of hydrogen-bond acceptors (Lipinski definition) is 5. The summed E-state index contributed by atoms with van der Waals surface area (Å²) in [5.74, 6) is -0.831. The molecule has 0 aliphatic rings. The van der Waals surface area contributed by atoms with E-state index in [9.17, 15) is 14.4 Å². The van der Waals surface area contributed by atoms with Gasteiger partial charge >= 0.3 is 0 Å². The summed E-state index contributed by atoms with van der Waals surface area (Å²) in [6, 6.07) is 9.39. The topological polar surface area (TPSA) is 132 Å². The maximum atomic E-state index is 12.6. The number of nitrogens with one attached hydrogen (secondary N) is 3. The first-order valence-corrected chi connectivity index (χ1v) is 9.08. The average molecular weight is 392 g/mol. The van der Waals surface area contributed by atoms with Gasteiger partial charge in [0, 0.05) is 23.1 Å². The van der Waals surface area contributed by atoms with Crippen LogP contribution in [0, 0.1) is 18.3 Å². The van der Waals surface area contributed by atoms with Crippen LogP contribution in [0.25, 0.3) is 5.65 Å². The van der Waals surface area contributed by atoms with E-state index in [0.717, 1.165) is 16.5 Å². The van der Waals surface area contributed by atoms with E-state index in [0.29, 0.717) is 11.4 Å². The zero-order chi connectivity index (χ0) is 21.0. The predicted molar refractivity (Wildman–Crippen MR) is 106 cm³/mol. The normalized spacial score (nSPS) is 10.5. The van der Waals surface area contributed by atoms with Crippen LogP contribution in [0.5, 0.6) is 0 Å². The molecule has 148 valence electrons. The first-order valence-electron chi connectivity index (χ1n) is 9.08. The zero-order valence-electron chi connectivity index (χ0n) is 16.1. The van der Waals surface area contributed by atoms with Gasteiger partial charge in [0.1, 0.15) is 11.6 Å². The van der Waals surface area contributed by atoms with Crippen molar-refractivity contribution >= 4 is 23.1 Å². The van der Waals surface area contributed by atoms with Crippen LogP contribution >= 0.6 is 0 Å². The standard InChI is InChI=1S/C20H20N6O3/c1-3-13-6-4-5-7-16(13)25-18(28)11-22-17(27)8-15-12(2)24-19-14(9-21)10-23-26(19)20(15)29/h4-7,10,23H,3,8,11H2,1-2H3,(H,22,27)(H,25,28). The van der Waals surface area contributed by atoms with Crippen molar-refractivity contribution in [2.45, 2.75) is 26.7 Å². The Morgan fingerprint density at radius 3 is 2.76 bits per heavy atom. The lowest BCUT2D eigenvalue weighted by molar-refractivity contribution is -0.123. The van der Waals surface area contributed by atoms with Crippen molar-refractivity contribution in [2.24, 2.45) is 0 Å². The SMILES string of the molecule is CCc1ccccc1NC(=O)CNC(=O)Cc1c(C)nc2c(C#N)c[nH]n2c1=O. The van der Waals surface area contributed by atoms with Crippen molar-refractivity contribution < 1.29 is 9.59 Å². The number of carbonyl (C=O) groups excluding carboxylic acids is 2. The highest BCUT2D eigenvalue weighted by molar-refractivity contribution is 5.95. The Morgan fingerprint density at radius 2 is 2.03 bits per heavy atom. The van der Waals surface area contributed by atoms with Crippen LogP contribution in [0.2, 0.25) is 0 Å². The minimum Gasteiger partial charge on any atom is -0.347 e. The Labute approximate surface area is 166 Å². The number of aryl methyl sites for hydroxylation is 2. The van der Waals surface area contributed by atoms with Gasteiger partial charge in [-0.05, 0) is 25.0 Å². The molecule has 0 spiro atoms. The molecule has 2 amide bonds. The number of aromatic amines is 1. The first kappa shape index (κ1) is 19.8. The van der Waals surface area contributed by atoms with E-state index in [1.165, 1.54) is 6.20 Å². The molecule has 0 fully saturated rings. The molecule has 0 radical (unpaired) electrons. The number of aromatic nitrogens is 3. The van der Waals surface area contributed by atoms with E-state index in [1.807, 2.05) is 31.2 Å². The molecule has 0 saturated carbocycles. The summed E-state index contributed by atoms with van der Waals surface area (Å²) >= 11 is 0. The Kier molecular flexibility index (Phi) is 5.74. The number of nitriles is 1. The Hall–Kier alpha value is -3.93. The molecule has 0 aliphatic carbocycles. The second kappa shape index (κ2) is 8.39. The summed E-state index contributed by atoms with van der Waals surface area (Å²) in [6.45, 7) is 3.38. The van der Waals surface area contributed by atoms with Gasteiger partial charge in [0.25, 0.3) is 5.56 Å². The molecule has 0 bridgehead atoms. The van der Waals surface area contributed by atoms with Gasteiger partial charge in [-0.1, -0.05) is 25.1 Å². The van der Waals surface area contributed by atoms with Gasteiger partial charge in [-0.25, -0.2) is 9.50 Å². The number of hydrogen-bond donors (Lipinski definition) is 3. The summed E-state index contributed by atoms with van der Waals surface area (Å²) in [5.41, 5.74) is 2.27. The minimum atomic E-state index is -0.474.